The lowest BCUT2D eigenvalue weighted by molar-refractivity contribution is 0.404. The number of methoxy groups -OCH3 is 1. The smallest absolute Gasteiger partial charge is 0.265 e. The molecule has 4 rings (SSSR count). The summed E-state index contributed by atoms with van der Waals surface area (Å²) in [6, 6.07) is 21.2. The van der Waals surface area contributed by atoms with E-state index in [0.29, 0.717) is 38.5 Å². The molecular formula is C23H17ClN2O3. The standard InChI is InChI=1S/C23H17ClN2O3/c1-29-21-9-5-4-8-20(21)26-22(27)18-7-3-2-6-17(18)19(23(26)28)14-25-16-12-10-15(24)11-13-16/h2-14,28H,1H3. The number of aromatic nitrogens is 1. The van der Waals surface area contributed by atoms with E-state index in [-0.39, 0.29) is 11.4 Å². The third kappa shape index (κ3) is 3.48. The van der Waals surface area contributed by atoms with Crippen molar-refractivity contribution in [2.24, 2.45) is 4.99 Å². The van der Waals surface area contributed by atoms with Crippen LogP contribution in [0.4, 0.5) is 5.69 Å². The number of benzene rings is 3. The molecule has 1 heterocycles. The molecule has 1 N–H and O–H groups in total. The average molecular weight is 405 g/mol. The van der Waals surface area contributed by atoms with Gasteiger partial charge in [0.25, 0.3) is 5.56 Å². The molecule has 0 spiro atoms. The summed E-state index contributed by atoms with van der Waals surface area (Å²) in [5.74, 6) is 0.261. The number of pyridine rings is 1. The number of hydrogen-bond acceptors (Lipinski definition) is 4. The van der Waals surface area contributed by atoms with Gasteiger partial charge in [-0.05, 0) is 42.5 Å². The van der Waals surface area contributed by atoms with Crippen molar-refractivity contribution < 1.29 is 9.84 Å². The molecule has 1 aromatic heterocycles. The molecule has 0 aliphatic rings. The van der Waals surface area contributed by atoms with E-state index in [2.05, 4.69) is 4.99 Å². The molecule has 0 bridgehead atoms. The van der Waals surface area contributed by atoms with Gasteiger partial charge in [0.15, 0.2) is 0 Å². The van der Waals surface area contributed by atoms with Gasteiger partial charge in [0, 0.05) is 22.0 Å². The van der Waals surface area contributed by atoms with Gasteiger partial charge in [-0.25, -0.2) is 4.57 Å². The number of nitrogens with zero attached hydrogens (tertiary/aromatic N) is 2. The SMILES string of the molecule is COc1ccccc1-n1c(O)c(C=Nc2ccc(Cl)cc2)c2ccccc2c1=O. The Kier molecular flexibility index (Phi) is 5.06. The maximum absolute atomic E-state index is 13.2. The molecule has 0 aliphatic carbocycles. The summed E-state index contributed by atoms with van der Waals surface area (Å²) in [4.78, 5) is 17.6. The number of fused-ring (bicyclic) bond motifs is 1. The lowest BCUT2D eigenvalue weighted by Gasteiger charge is -2.16. The molecule has 4 aromatic rings. The second kappa shape index (κ2) is 7.81. The first-order valence-electron chi connectivity index (χ1n) is 8.90. The zero-order valence-electron chi connectivity index (χ0n) is 15.5. The number of aromatic hydroxyl groups is 1. The van der Waals surface area contributed by atoms with Crippen LogP contribution >= 0.6 is 11.6 Å². The van der Waals surface area contributed by atoms with Crippen LogP contribution in [0.3, 0.4) is 0 Å². The summed E-state index contributed by atoms with van der Waals surface area (Å²) in [5.41, 5.74) is 1.21. The van der Waals surface area contributed by atoms with Gasteiger partial charge in [0.2, 0.25) is 5.88 Å². The normalized spacial score (nSPS) is 11.2. The topological polar surface area (TPSA) is 63.8 Å². The van der Waals surface area contributed by atoms with Crippen molar-refractivity contribution in [2.45, 2.75) is 0 Å². The van der Waals surface area contributed by atoms with Crippen molar-refractivity contribution in [3.63, 3.8) is 0 Å². The first kappa shape index (κ1) is 18.8. The molecule has 0 saturated heterocycles. The van der Waals surface area contributed by atoms with E-state index < -0.39 is 0 Å². The van der Waals surface area contributed by atoms with E-state index in [0.717, 1.165) is 0 Å². The predicted octanol–water partition coefficient (Wildman–Crippen LogP) is 5.11. The van der Waals surface area contributed by atoms with Crippen LogP contribution < -0.4 is 10.3 Å². The van der Waals surface area contributed by atoms with E-state index >= 15 is 0 Å². The van der Waals surface area contributed by atoms with Crippen molar-refractivity contribution in [3.8, 4) is 17.3 Å². The minimum Gasteiger partial charge on any atom is -0.495 e. The molecule has 0 aliphatic heterocycles. The zero-order valence-corrected chi connectivity index (χ0v) is 16.3. The minimum absolute atomic E-state index is 0.212. The maximum atomic E-state index is 13.2. The fourth-order valence-electron chi connectivity index (χ4n) is 3.19. The number of hydrogen-bond donors (Lipinski definition) is 1. The van der Waals surface area contributed by atoms with Crippen molar-refractivity contribution in [1.29, 1.82) is 0 Å². The number of rotatable bonds is 4. The molecular weight excluding hydrogens is 388 g/mol. The van der Waals surface area contributed by atoms with Gasteiger partial charge in [-0.3, -0.25) is 9.79 Å². The Balaban J connectivity index is 1.99. The Bertz CT molecular complexity index is 1280. The van der Waals surface area contributed by atoms with Gasteiger partial charge in [-0.2, -0.15) is 0 Å². The van der Waals surface area contributed by atoms with Crippen LogP contribution in [0.2, 0.25) is 5.02 Å². The van der Waals surface area contributed by atoms with Gasteiger partial charge < -0.3 is 9.84 Å². The third-order valence-corrected chi connectivity index (χ3v) is 4.85. The Morgan fingerprint density at radius 2 is 1.62 bits per heavy atom. The van der Waals surface area contributed by atoms with Crippen molar-refractivity contribution in [1.82, 2.24) is 4.57 Å². The zero-order chi connectivity index (χ0) is 20.4. The molecule has 0 radical (unpaired) electrons. The molecule has 144 valence electrons. The summed E-state index contributed by atoms with van der Waals surface area (Å²) < 4.78 is 6.63. The van der Waals surface area contributed by atoms with Gasteiger partial charge in [-0.1, -0.05) is 41.9 Å². The highest BCUT2D eigenvalue weighted by Gasteiger charge is 2.18. The second-order valence-corrected chi connectivity index (χ2v) is 6.77. The molecule has 0 atom stereocenters. The van der Waals surface area contributed by atoms with Crippen molar-refractivity contribution in [3.05, 3.63) is 93.7 Å². The molecule has 6 heteroatoms. The monoisotopic (exact) mass is 404 g/mol. The summed E-state index contributed by atoms with van der Waals surface area (Å²) >= 11 is 5.92. The Morgan fingerprint density at radius 1 is 0.966 bits per heavy atom. The quantitative estimate of drug-likeness (QED) is 0.481. The van der Waals surface area contributed by atoms with Crippen LogP contribution in [0, 0.1) is 0 Å². The highest BCUT2D eigenvalue weighted by atomic mass is 35.5. The first-order valence-corrected chi connectivity index (χ1v) is 9.27. The minimum atomic E-state index is -0.341. The lowest BCUT2D eigenvalue weighted by atomic mass is 10.1. The van der Waals surface area contributed by atoms with E-state index in [4.69, 9.17) is 16.3 Å². The summed E-state index contributed by atoms with van der Waals surface area (Å²) in [5, 5.41) is 12.7. The Labute approximate surface area is 172 Å². The van der Waals surface area contributed by atoms with E-state index in [9.17, 15) is 9.90 Å². The Morgan fingerprint density at radius 3 is 2.34 bits per heavy atom. The largest absolute Gasteiger partial charge is 0.495 e. The Hall–Kier alpha value is -3.57. The molecule has 3 aromatic carbocycles. The molecule has 5 nitrogen and oxygen atoms in total. The molecule has 0 unspecified atom stereocenters. The number of halogens is 1. The second-order valence-electron chi connectivity index (χ2n) is 6.33. The maximum Gasteiger partial charge on any atom is 0.265 e. The molecule has 0 saturated carbocycles. The number of para-hydroxylation sites is 2. The highest BCUT2D eigenvalue weighted by Crippen LogP contribution is 2.30. The van der Waals surface area contributed by atoms with Crippen LogP contribution in [0.1, 0.15) is 5.56 Å². The molecule has 0 fully saturated rings. The van der Waals surface area contributed by atoms with E-state index in [1.165, 1.54) is 11.7 Å². The lowest BCUT2D eigenvalue weighted by Crippen LogP contribution is -2.20. The van der Waals surface area contributed by atoms with Gasteiger partial charge in [0.1, 0.15) is 5.75 Å². The summed E-state index contributed by atoms with van der Waals surface area (Å²) in [7, 11) is 1.52. The predicted molar refractivity (Wildman–Crippen MR) is 116 cm³/mol. The number of ether oxygens (including phenoxy) is 1. The number of aliphatic imine (C=N–C) groups is 1. The van der Waals surface area contributed by atoms with E-state index in [1.807, 2.05) is 6.07 Å². The fraction of sp³-hybridized carbons (Fsp3) is 0.0435. The van der Waals surface area contributed by atoms with Crippen LogP contribution in [-0.2, 0) is 0 Å². The van der Waals surface area contributed by atoms with Crippen molar-refractivity contribution >= 4 is 34.3 Å². The first-order chi connectivity index (χ1) is 14.1. The summed E-state index contributed by atoms with van der Waals surface area (Å²) in [6.45, 7) is 0. The molecule has 0 amide bonds. The van der Waals surface area contributed by atoms with Gasteiger partial charge >= 0.3 is 0 Å². The molecule has 29 heavy (non-hydrogen) atoms. The summed E-state index contributed by atoms with van der Waals surface area (Å²) in [6.07, 6.45) is 1.55. The van der Waals surface area contributed by atoms with Crippen LogP contribution in [0.25, 0.3) is 16.5 Å². The van der Waals surface area contributed by atoms with Gasteiger partial charge in [0.05, 0.1) is 24.0 Å². The highest BCUT2D eigenvalue weighted by molar-refractivity contribution is 6.30. The third-order valence-electron chi connectivity index (χ3n) is 4.60. The average Bonchev–Trinajstić information content (AvgIpc) is 2.75. The van der Waals surface area contributed by atoms with Gasteiger partial charge in [-0.15, -0.1) is 0 Å². The van der Waals surface area contributed by atoms with Crippen LogP contribution in [-0.4, -0.2) is 23.0 Å². The fourth-order valence-corrected chi connectivity index (χ4v) is 3.32. The van der Waals surface area contributed by atoms with E-state index in [1.54, 1.807) is 72.9 Å². The van der Waals surface area contributed by atoms with Crippen LogP contribution in [0.5, 0.6) is 11.6 Å². The van der Waals surface area contributed by atoms with Crippen molar-refractivity contribution in [2.75, 3.05) is 7.11 Å². The van der Waals surface area contributed by atoms with Crippen LogP contribution in [0.15, 0.2) is 82.6 Å².